The van der Waals surface area contributed by atoms with E-state index in [4.69, 9.17) is 0 Å². The van der Waals surface area contributed by atoms with Crippen molar-refractivity contribution in [3.63, 3.8) is 0 Å². The Hall–Kier alpha value is -1.48. The molecule has 0 bridgehead atoms. The van der Waals surface area contributed by atoms with E-state index in [1.54, 1.807) is 6.07 Å². The summed E-state index contributed by atoms with van der Waals surface area (Å²) >= 11 is 3.41. The van der Waals surface area contributed by atoms with Gasteiger partial charge in [-0.2, -0.15) is 0 Å². The van der Waals surface area contributed by atoms with Crippen molar-refractivity contribution in [1.82, 2.24) is 0 Å². The lowest BCUT2D eigenvalue weighted by atomic mass is 10.0. The van der Waals surface area contributed by atoms with Crippen LogP contribution in [0.1, 0.15) is 10.4 Å². The number of carbonyl (C=O) groups excluding carboxylic acids is 1. The lowest BCUT2D eigenvalue weighted by molar-refractivity contribution is 0.112. The van der Waals surface area contributed by atoms with Crippen LogP contribution in [0.15, 0.2) is 46.9 Å². The van der Waals surface area contributed by atoms with E-state index in [1.807, 2.05) is 24.3 Å². The van der Waals surface area contributed by atoms with Gasteiger partial charge in [-0.25, -0.2) is 4.39 Å². The third kappa shape index (κ3) is 2.04. The van der Waals surface area contributed by atoms with Crippen molar-refractivity contribution in [3.8, 4) is 11.1 Å². The van der Waals surface area contributed by atoms with Crippen molar-refractivity contribution in [2.75, 3.05) is 0 Å². The molecule has 0 radical (unpaired) electrons. The highest BCUT2D eigenvalue weighted by Gasteiger charge is 2.08. The lowest BCUT2D eigenvalue weighted by Gasteiger charge is -2.07. The second-order valence-corrected chi connectivity index (χ2v) is 4.18. The van der Waals surface area contributed by atoms with Crippen LogP contribution in [0.2, 0.25) is 0 Å². The van der Waals surface area contributed by atoms with Gasteiger partial charge >= 0.3 is 0 Å². The van der Waals surface area contributed by atoms with Crippen LogP contribution < -0.4 is 0 Å². The molecular formula is C13H8BrFO. The third-order valence-electron chi connectivity index (χ3n) is 2.30. The minimum Gasteiger partial charge on any atom is -0.298 e. The predicted octanol–water partition coefficient (Wildman–Crippen LogP) is 4.07. The summed E-state index contributed by atoms with van der Waals surface area (Å²) in [5.74, 6) is -0.405. The summed E-state index contributed by atoms with van der Waals surface area (Å²) < 4.78 is 13.9. The number of aldehydes is 1. The van der Waals surface area contributed by atoms with Crippen molar-refractivity contribution < 1.29 is 9.18 Å². The summed E-state index contributed by atoms with van der Waals surface area (Å²) in [5.41, 5.74) is 1.96. The normalized spacial score (nSPS) is 10.1. The fraction of sp³-hybridized carbons (Fsp3) is 0. The summed E-state index contributed by atoms with van der Waals surface area (Å²) in [5, 5.41) is 0. The zero-order valence-corrected chi connectivity index (χ0v) is 9.87. The van der Waals surface area contributed by atoms with Gasteiger partial charge in [-0.1, -0.05) is 40.2 Å². The fourth-order valence-electron chi connectivity index (χ4n) is 1.56. The summed E-state index contributed by atoms with van der Waals surface area (Å²) in [7, 11) is 0. The van der Waals surface area contributed by atoms with E-state index >= 15 is 0 Å². The minimum absolute atomic E-state index is 0.354. The van der Waals surface area contributed by atoms with E-state index in [2.05, 4.69) is 15.9 Å². The highest BCUT2D eigenvalue weighted by Crippen LogP contribution is 2.30. The van der Waals surface area contributed by atoms with E-state index in [9.17, 15) is 9.18 Å². The first-order valence-electron chi connectivity index (χ1n) is 4.72. The molecule has 0 aliphatic carbocycles. The lowest BCUT2D eigenvalue weighted by Crippen LogP contribution is -1.90. The molecule has 2 rings (SSSR count). The van der Waals surface area contributed by atoms with Gasteiger partial charge in [-0.15, -0.1) is 0 Å². The van der Waals surface area contributed by atoms with E-state index in [1.165, 1.54) is 12.1 Å². The molecule has 80 valence electrons. The van der Waals surface area contributed by atoms with Gasteiger partial charge in [-0.3, -0.25) is 4.79 Å². The largest absolute Gasteiger partial charge is 0.298 e. The van der Waals surface area contributed by atoms with Crippen molar-refractivity contribution in [3.05, 3.63) is 58.3 Å². The van der Waals surface area contributed by atoms with E-state index in [0.29, 0.717) is 11.8 Å². The molecule has 0 aliphatic rings. The van der Waals surface area contributed by atoms with Gasteiger partial charge in [0.1, 0.15) is 5.82 Å². The molecule has 2 aromatic carbocycles. The third-order valence-corrected chi connectivity index (χ3v) is 3.00. The molecule has 0 unspecified atom stereocenters. The molecule has 0 aliphatic heterocycles. The first-order valence-corrected chi connectivity index (χ1v) is 5.51. The fourth-order valence-corrected chi connectivity index (χ4v) is 2.05. The zero-order chi connectivity index (χ0) is 11.5. The van der Waals surface area contributed by atoms with E-state index < -0.39 is 5.82 Å². The quantitative estimate of drug-likeness (QED) is 0.757. The minimum atomic E-state index is -0.405. The number of benzene rings is 2. The van der Waals surface area contributed by atoms with Gasteiger partial charge in [-0.05, 0) is 29.3 Å². The molecule has 16 heavy (non-hydrogen) atoms. The van der Waals surface area contributed by atoms with Crippen LogP contribution in [-0.2, 0) is 0 Å². The van der Waals surface area contributed by atoms with Crippen LogP contribution in [0.4, 0.5) is 4.39 Å². The highest BCUT2D eigenvalue weighted by atomic mass is 79.9. The maximum absolute atomic E-state index is 13.0. The molecule has 0 atom stereocenters. The SMILES string of the molecule is O=Cc1cc(F)ccc1-c1ccccc1Br. The molecule has 0 saturated heterocycles. The summed E-state index contributed by atoms with van der Waals surface area (Å²) in [4.78, 5) is 10.9. The number of rotatable bonds is 2. The average Bonchev–Trinajstić information content (AvgIpc) is 2.30. The molecular weight excluding hydrogens is 271 g/mol. The Morgan fingerprint density at radius 2 is 1.81 bits per heavy atom. The smallest absolute Gasteiger partial charge is 0.150 e. The molecule has 0 saturated carbocycles. The number of hydrogen-bond acceptors (Lipinski definition) is 1. The van der Waals surface area contributed by atoms with Crippen molar-refractivity contribution in [2.45, 2.75) is 0 Å². The van der Waals surface area contributed by atoms with Crippen LogP contribution in [0.3, 0.4) is 0 Å². The monoisotopic (exact) mass is 278 g/mol. The van der Waals surface area contributed by atoms with Crippen LogP contribution in [-0.4, -0.2) is 6.29 Å². The summed E-state index contributed by atoms with van der Waals surface area (Å²) in [6, 6.07) is 11.7. The van der Waals surface area contributed by atoms with Gasteiger partial charge in [0.15, 0.2) is 6.29 Å². The van der Waals surface area contributed by atoms with E-state index in [0.717, 1.165) is 15.6 Å². The van der Waals surface area contributed by atoms with Crippen molar-refractivity contribution >= 4 is 22.2 Å². The molecule has 2 aromatic rings. The molecule has 0 fully saturated rings. The molecule has 0 spiro atoms. The van der Waals surface area contributed by atoms with Gasteiger partial charge in [0, 0.05) is 10.0 Å². The topological polar surface area (TPSA) is 17.1 Å². The van der Waals surface area contributed by atoms with Gasteiger partial charge < -0.3 is 0 Å². The van der Waals surface area contributed by atoms with Crippen LogP contribution in [0.5, 0.6) is 0 Å². The second kappa shape index (κ2) is 4.58. The maximum atomic E-state index is 13.0. The maximum Gasteiger partial charge on any atom is 0.150 e. The Kier molecular flexibility index (Phi) is 3.15. The number of carbonyl (C=O) groups is 1. The average molecular weight is 279 g/mol. The number of halogens is 2. The Morgan fingerprint density at radius 3 is 2.50 bits per heavy atom. The summed E-state index contributed by atoms with van der Waals surface area (Å²) in [6.45, 7) is 0. The van der Waals surface area contributed by atoms with Gasteiger partial charge in [0.2, 0.25) is 0 Å². The Bertz CT molecular complexity index is 537. The van der Waals surface area contributed by atoms with E-state index in [-0.39, 0.29) is 0 Å². The van der Waals surface area contributed by atoms with Crippen LogP contribution in [0, 0.1) is 5.82 Å². The predicted molar refractivity (Wildman–Crippen MR) is 64.9 cm³/mol. The molecule has 1 nitrogen and oxygen atoms in total. The van der Waals surface area contributed by atoms with Gasteiger partial charge in [0.25, 0.3) is 0 Å². The van der Waals surface area contributed by atoms with Crippen LogP contribution in [0.25, 0.3) is 11.1 Å². The molecule has 0 N–H and O–H groups in total. The second-order valence-electron chi connectivity index (χ2n) is 3.33. The highest BCUT2D eigenvalue weighted by molar-refractivity contribution is 9.10. The molecule has 0 aromatic heterocycles. The van der Waals surface area contributed by atoms with Crippen molar-refractivity contribution in [1.29, 1.82) is 0 Å². The molecule has 0 heterocycles. The van der Waals surface area contributed by atoms with Crippen molar-refractivity contribution in [2.24, 2.45) is 0 Å². The Balaban J connectivity index is 2.65. The number of hydrogen-bond donors (Lipinski definition) is 0. The summed E-state index contributed by atoms with van der Waals surface area (Å²) in [6.07, 6.45) is 0.665. The molecule has 0 amide bonds. The van der Waals surface area contributed by atoms with Gasteiger partial charge in [0.05, 0.1) is 0 Å². The molecule has 3 heteroatoms. The zero-order valence-electron chi connectivity index (χ0n) is 8.28. The first-order chi connectivity index (χ1) is 7.72. The first kappa shape index (κ1) is 11.0. The Labute approximate surface area is 101 Å². The standard InChI is InChI=1S/C13H8BrFO/c14-13-4-2-1-3-12(13)11-6-5-10(15)7-9(11)8-16/h1-8H. The Morgan fingerprint density at radius 1 is 1.06 bits per heavy atom. The van der Waals surface area contributed by atoms with Crippen LogP contribution >= 0.6 is 15.9 Å².